The van der Waals surface area contributed by atoms with Gasteiger partial charge in [0.15, 0.2) is 0 Å². The van der Waals surface area contributed by atoms with Crippen LogP contribution >= 0.6 is 0 Å². The first kappa shape index (κ1) is 18.7. The fourth-order valence-corrected chi connectivity index (χ4v) is 1.88. The predicted octanol–water partition coefficient (Wildman–Crippen LogP) is 1.30. The summed E-state index contributed by atoms with van der Waals surface area (Å²) in [5, 5.41) is 7.44. The normalized spacial score (nSPS) is 10.7. The van der Waals surface area contributed by atoms with E-state index in [1.54, 1.807) is 62.8 Å². The van der Waals surface area contributed by atoms with Crippen LogP contribution in [0.1, 0.15) is 11.1 Å². The second-order valence-electron chi connectivity index (χ2n) is 4.95. The standard InChI is InChI=1S/C18H18N4O4/c1-25-15-7-3-5-13(9-15)11-19-21-17(23)18(24)22-20-12-14-6-4-8-16(10-14)26-2/h3-12H,1-2H3,(H,21,23)(H,22,24)/b19-11+,20-12+. The van der Waals surface area contributed by atoms with E-state index in [1.165, 1.54) is 12.4 Å². The third kappa shape index (κ3) is 5.75. The van der Waals surface area contributed by atoms with Crippen molar-refractivity contribution < 1.29 is 19.1 Å². The van der Waals surface area contributed by atoms with E-state index < -0.39 is 11.8 Å². The lowest BCUT2D eigenvalue weighted by Gasteiger charge is -2.01. The Morgan fingerprint density at radius 2 is 1.23 bits per heavy atom. The summed E-state index contributed by atoms with van der Waals surface area (Å²) in [6.45, 7) is 0. The van der Waals surface area contributed by atoms with Gasteiger partial charge in [-0.25, -0.2) is 10.9 Å². The summed E-state index contributed by atoms with van der Waals surface area (Å²) in [5.41, 5.74) is 5.66. The molecule has 0 fully saturated rings. The van der Waals surface area contributed by atoms with E-state index in [0.717, 1.165) is 0 Å². The van der Waals surface area contributed by atoms with Crippen molar-refractivity contribution in [3.8, 4) is 11.5 Å². The number of ether oxygens (including phenoxy) is 2. The van der Waals surface area contributed by atoms with Crippen molar-refractivity contribution in [1.29, 1.82) is 0 Å². The van der Waals surface area contributed by atoms with Gasteiger partial charge in [0.05, 0.1) is 26.6 Å². The molecule has 0 unspecified atom stereocenters. The van der Waals surface area contributed by atoms with Crippen LogP contribution in [0, 0.1) is 0 Å². The lowest BCUT2D eigenvalue weighted by atomic mass is 10.2. The van der Waals surface area contributed by atoms with Gasteiger partial charge in [0.2, 0.25) is 0 Å². The molecular weight excluding hydrogens is 336 g/mol. The molecule has 0 saturated heterocycles. The van der Waals surface area contributed by atoms with Crippen molar-refractivity contribution in [3.05, 3.63) is 59.7 Å². The summed E-state index contributed by atoms with van der Waals surface area (Å²) in [6.07, 6.45) is 2.79. The minimum Gasteiger partial charge on any atom is -0.497 e. The first-order chi connectivity index (χ1) is 12.6. The lowest BCUT2D eigenvalue weighted by Crippen LogP contribution is -2.35. The molecule has 0 heterocycles. The number of carbonyl (C=O) groups is 2. The Hall–Kier alpha value is -3.68. The van der Waals surface area contributed by atoms with E-state index in [9.17, 15) is 9.59 Å². The molecule has 0 atom stereocenters. The quantitative estimate of drug-likeness (QED) is 0.464. The summed E-state index contributed by atoms with van der Waals surface area (Å²) in [4.78, 5) is 23.3. The number of carbonyl (C=O) groups excluding carboxylic acids is 2. The number of hydrogen-bond acceptors (Lipinski definition) is 6. The minimum atomic E-state index is -0.938. The molecule has 134 valence electrons. The number of amides is 2. The van der Waals surface area contributed by atoms with Crippen molar-refractivity contribution in [2.45, 2.75) is 0 Å². The van der Waals surface area contributed by atoms with Gasteiger partial charge in [-0.3, -0.25) is 9.59 Å². The smallest absolute Gasteiger partial charge is 0.331 e. The summed E-state index contributed by atoms with van der Waals surface area (Å²) >= 11 is 0. The Labute approximate surface area is 150 Å². The fraction of sp³-hybridized carbons (Fsp3) is 0.111. The average Bonchev–Trinajstić information content (AvgIpc) is 2.68. The number of hydrogen-bond donors (Lipinski definition) is 2. The molecule has 0 saturated carbocycles. The van der Waals surface area contributed by atoms with Crippen LogP contribution in [-0.4, -0.2) is 38.5 Å². The van der Waals surface area contributed by atoms with Crippen molar-refractivity contribution in [3.63, 3.8) is 0 Å². The maximum Gasteiger partial charge on any atom is 0.331 e. The molecule has 0 bridgehead atoms. The number of rotatable bonds is 6. The SMILES string of the molecule is COc1cccc(/C=N/NC(=O)C(=O)N/N=C/c2cccc(OC)c2)c1. The highest BCUT2D eigenvalue weighted by atomic mass is 16.5. The predicted molar refractivity (Wildman–Crippen MR) is 97.5 cm³/mol. The Balaban J connectivity index is 1.84. The van der Waals surface area contributed by atoms with Gasteiger partial charge in [0.25, 0.3) is 0 Å². The highest BCUT2D eigenvalue weighted by Gasteiger charge is 2.11. The molecule has 0 radical (unpaired) electrons. The van der Waals surface area contributed by atoms with Crippen molar-refractivity contribution in [1.82, 2.24) is 10.9 Å². The Morgan fingerprint density at radius 3 is 1.62 bits per heavy atom. The van der Waals surface area contributed by atoms with Crippen molar-refractivity contribution in [2.24, 2.45) is 10.2 Å². The molecule has 2 aromatic rings. The third-order valence-electron chi connectivity index (χ3n) is 3.15. The van der Waals surface area contributed by atoms with Crippen LogP contribution < -0.4 is 20.3 Å². The van der Waals surface area contributed by atoms with Gasteiger partial charge in [-0.2, -0.15) is 10.2 Å². The van der Waals surface area contributed by atoms with Gasteiger partial charge in [-0.05, 0) is 35.4 Å². The van der Waals surface area contributed by atoms with Gasteiger partial charge in [-0.15, -0.1) is 0 Å². The molecule has 2 rings (SSSR count). The number of hydrazone groups is 2. The van der Waals surface area contributed by atoms with Gasteiger partial charge in [-0.1, -0.05) is 24.3 Å². The van der Waals surface area contributed by atoms with Crippen LogP contribution in [0.3, 0.4) is 0 Å². The maximum atomic E-state index is 11.6. The number of nitrogens with one attached hydrogen (secondary N) is 2. The van der Waals surface area contributed by atoms with Crippen LogP contribution in [-0.2, 0) is 9.59 Å². The first-order valence-corrected chi connectivity index (χ1v) is 7.57. The number of nitrogens with zero attached hydrogens (tertiary/aromatic N) is 2. The molecule has 0 aliphatic rings. The van der Waals surface area contributed by atoms with Crippen LogP contribution in [0.4, 0.5) is 0 Å². The van der Waals surface area contributed by atoms with Crippen LogP contribution in [0.5, 0.6) is 11.5 Å². The van der Waals surface area contributed by atoms with E-state index in [0.29, 0.717) is 22.6 Å². The summed E-state index contributed by atoms with van der Waals surface area (Å²) < 4.78 is 10.2. The molecule has 26 heavy (non-hydrogen) atoms. The molecule has 0 aliphatic carbocycles. The zero-order chi connectivity index (χ0) is 18.8. The molecular formula is C18H18N4O4. The summed E-state index contributed by atoms with van der Waals surface area (Å²) in [7, 11) is 3.10. The molecule has 8 nitrogen and oxygen atoms in total. The van der Waals surface area contributed by atoms with Gasteiger partial charge < -0.3 is 9.47 Å². The maximum absolute atomic E-state index is 11.6. The topological polar surface area (TPSA) is 101 Å². The highest BCUT2D eigenvalue weighted by molar-refractivity contribution is 6.35. The van der Waals surface area contributed by atoms with E-state index in [4.69, 9.17) is 9.47 Å². The zero-order valence-electron chi connectivity index (χ0n) is 14.3. The monoisotopic (exact) mass is 354 g/mol. The number of methoxy groups -OCH3 is 2. The Bertz CT molecular complexity index is 764. The lowest BCUT2D eigenvalue weighted by molar-refractivity contribution is -0.139. The van der Waals surface area contributed by atoms with E-state index in [-0.39, 0.29) is 0 Å². The molecule has 2 N–H and O–H groups in total. The van der Waals surface area contributed by atoms with E-state index in [1.807, 2.05) is 0 Å². The van der Waals surface area contributed by atoms with Crippen LogP contribution in [0.15, 0.2) is 58.7 Å². The Kier molecular flexibility index (Phi) is 6.87. The fourth-order valence-electron chi connectivity index (χ4n) is 1.88. The average molecular weight is 354 g/mol. The molecule has 2 aromatic carbocycles. The summed E-state index contributed by atoms with van der Waals surface area (Å²) in [6, 6.07) is 14.1. The third-order valence-corrected chi connectivity index (χ3v) is 3.15. The Morgan fingerprint density at radius 1 is 0.808 bits per heavy atom. The minimum absolute atomic E-state index is 0.657. The number of benzene rings is 2. The molecule has 0 aliphatic heterocycles. The molecule has 8 heteroatoms. The van der Waals surface area contributed by atoms with Crippen molar-refractivity contribution >= 4 is 24.2 Å². The largest absolute Gasteiger partial charge is 0.497 e. The first-order valence-electron chi connectivity index (χ1n) is 7.57. The van der Waals surface area contributed by atoms with Crippen LogP contribution in [0.25, 0.3) is 0 Å². The molecule has 0 aromatic heterocycles. The van der Waals surface area contributed by atoms with E-state index >= 15 is 0 Å². The van der Waals surface area contributed by atoms with Crippen molar-refractivity contribution in [2.75, 3.05) is 14.2 Å². The molecule has 0 spiro atoms. The summed E-state index contributed by atoms with van der Waals surface area (Å²) in [5.74, 6) is -0.561. The second-order valence-corrected chi connectivity index (χ2v) is 4.95. The zero-order valence-corrected chi connectivity index (χ0v) is 14.3. The van der Waals surface area contributed by atoms with Gasteiger partial charge in [0.1, 0.15) is 11.5 Å². The van der Waals surface area contributed by atoms with Crippen LogP contribution in [0.2, 0.25) is 0 Å². The second kappa shape index (κ2) is 9.58. The van der Waals surface area contributed by atoms with Gasteiger partial charge in [0, 0.05) is 0 Å². The van der Waals surface area contributed by atoms with Gasteiger partial charge >= 0.3 is 11.8 Å². The van der Waals surface area contributed by atoms with E-state index in [2.05, 4.69) is 21.1 Å². The molecule has 2 amide bonds. The highest BCUT2D eigenvalue weighted by Crippen LogP contribution is 2.11.